The summed E-state index contributed by atoms with van der Waals surface area (Å²) < 4.78 is 6.20. The van der Waals surface area contributed by atoms with Crippen LogP contribution in [0.15, 0.2) is 108 Å². The molecule has 0 bridgehead atoms. The molecule has 3 atom stereocenters. The molecule has 1 unspecified atom stereocenters. The number of halogens is 1. The molecule has 4 aromatic carbocycles. The zero-order chi connectivity index (χ0) is 27.6. The molecule has 1 spiro atoms. The minimum Gasteiger partial charge on any atom is -0.497 e. The number of hydrogen-bond donors (Lipinski definition) is 0. The molecule has 4 aromatic rings. The number of carbonyl (C=O) groups excluding carboxylic acids is 3. The third kappa shape index (κ3) is 3.29. The first-order valence-electron chi connectivity index (χ1n) is 13.1. The smallest absolute Gasteiger partial charge is 0.185 e. The van der Waals surface area contributed by atoms with Gasteiger partial charge in [0.05, 0.1) is 13.2 Å². The number of methoxy groups -OCH3 is 1. The lowest BCUT2D eigenvalue weighted by molar-refractivity contribution is 0.0666. The number of anilines is 1. The van der Waals surface area contributed by atoms with Gasteiger partial charge in [-0.3, -0.25) is 14.4 Å². The van der Waals surface area contributed by atoms with Crippen LogP contribution in [0, 0.1) is 5.41 Å². The van der Waals surface area contributed by atoms with Crippen LogP contribution in [0.25, 0.3) is 6.08 Å². The second-order valence-corrected chi connectivity index (χ2v) is 11.3. The van der Waals surface area contributed by atoms with Gasteiger partial charge in [0.2, 0.25) is 0 Å². The second-order valence-electron chi connectivity index (χ2n) is 10.4. The van der Waals surface area contributed by atoms with E-state index in [0.29, 0.717) is 22.4 Å². The first kappa shape index (κ1) is 24.7. The van der Waals surface area contributed by atoms with Gasteiger partial charge in [0, 0.05) is 32.8 Å². The number of para-hydroxylation sites is 1. The molecule has 0 amide bonds. The van der Waals surface area contributed by atoms with E-state index in [2.05, 4.69) is 15.9 Å². The van der Waals surface area contributed by atoms with Gasteiger partial charge in [-0.1, -0.05) is 82.7 Å². The van der Waals surface area contributed by atoms with E-state index in [-0.39, 0.29) is 17.3 Å². The predicted octanol–water partition coefficient (Wildman–Crippen LogP) is 6.77. The standard InChI is InChI=1S/C34H24BrNO4/c1-40-24-17-12-22(13-18-24)31(37)30-29(21-10-15-23(35)16-11-21)34(32(38)25-7-3-4-8-26(25)33(34)39)28-19-14-20-6-2-5-9-27(20)36(28)30/h2-19,28-30H,1H3/t28?,29-,30+/m1/s1. The zero-order valence-electron chi connectivity index (χ0n) is 21.6. The van der Waals surface area contributed by atoms with Gasteiger partial charge in [-0.2, -0.15) is 0 Å². The van der Waals surface area contributed by atoms with E-state index in [4.69, 9.17) is 4.74 Å². The highest BCUT2D eigenvalue weighted by Gasteiger charge is 2.71. The highest BCUT2D eigenvalue weighted by molar-refractivity contribution is 9.10. The quantitative estimate of drug-likeness (QED) is 0.194. The monoisotopic (exact) mass is 589 g/mol. The van der Waals surface area contributed by atoms with Crippen LogP contribution in [0.3, 0.4) is 0 Å². The van der Waals surface area contributed by atoms with E-state index in [1.165, 1.54) is 0 Å². The molecule has 2 aliphatic heterocycles. The summed E-state index contributed by atoms with van der Waals surface area (Å²) in [6, 6.07) is 28.1. The summed E-state index contributed by atoms with van der Waals surface area (Å²) in [7, 11) is 1.58. The Bertz CT molecular complexity index is 1690. The summed E-state index contributed by atoms with van der Waals surface area (Å²) in [5, 5.41) is 0. The van der Waals surface area contributed by atoms with Crippen LogP contribution in [0.4, 0.5) is 5.69 Å². The van der Waals surface area contributed by atoms with Crippen molar-refractivity contribution in [2.24, 2.45) is 5.41 Å². The highest BCUT2D eigenvalue weighted by Crippen LogP contribution is 2.61. The molecular weight excluding hydrogens is 566 g/mol. The van der Waals surface area contributed by atoms with Gasteiger partial charge in [0.15, 0.2) is 17.3 Å². The van der Waals surface area contributed by atoms with Crippen molar-refractivity contribution in [3.63, 3.8) is 0 Å². The molecule has 0 aromatic heterocycles. The van der Waals surface area contributed by atoms with Crippen LogP contribution in [0.2, 0.25) is 0 Å². The van der Waals surface area contributed by atoms with Crippen molar-refractivity contribution in [3.05, 3.63) is 135 Å². The molecule has 1 aliphatic carbocycles. The van der Waals surface area contributed by atoms with E-state index >= 15 is 0 Å². The summed E-state index contributed by atoms with van der Waals surface area (Å²) >= 11 is 3.52. The fraction of sp³-hybridized carbons (Fsp3) is 0.147. The summed E-state index contributed by atoms with van der Waals surface area (Å²) in [4.78, 5) is 45.9. The first-order chi connectivity index (χ1) is 19.5. The van der Waals surface area contributed by atoms with E-state index in [0.717, 1.165) is 21.3 Å². The molecule has 1 fully saturated rings. The maximum Gasteiger partial charge on any atom is 0.185 e. The van der Waals surface area contributed by atoms with Crippen LogP contribution >= 0.6 is 15.9 Å². The summed E-state index contributed by atoms with van der Waals surface area (Å²) in [6.45, 7) is 0. The number of rotatable bonds is 4. The van der Waals surface area contributed by atoms with Gasteiger partial charge in [-0.25, -0.2) is 0 Å². The minimum atomic E-state index is -1.51. The summed E-state index contributed by atoms with van der Waals surface area (Å²) in [5.74, 6) is -0.706. The average molecular weight is 590 g/mol. The maximum atomic E-state index is 14.6. The van der Waals surface area contributed by atoms with E-state index in [1.807, 2.05) is 65.6 Å². The number of hydrogen-bond acceptors (Lipinski definition) is 5. The Morgan fingerprint density at radius 2 is 1.45 bits per heavy atom. The molecule has 2 heterocycles. The van der Waals surface area contributed by atoms with Gasteiger partial charge in [0.1, 0.15) is 17.2 Å². The third-order valence-electron chi connectivity index (χ3n) is 8.59. The Kier molecular flexibility index (Phi) is 5.65. The lowest BCUT2D eigenvalue weighted by atomic mass is 9.64. The number of carbonyl (C=O) groups is 3. The van der Waals surface area contributed by atoms with Gasteiger partial charge in [-0.05, 0) is 53.6 Å². The number of nitrogens with zero attached hydrogens (tertiary/aromatic N) is 1. The van der Waals surface area contributed by atoms with Gasteiger partial charge in [0.25, 0.3) is 0 Å². The average Bonchev–Trinajstić information content (AvgIpc) is 3.43. The third-order valence-corrected chi connectivity index (χ3v) is 9.11. The molecule has 7 rings (SSSR count). The predicted molar refractivity (Wildman–Crippen MR) is 157 cm³/mol. The van der Waals surface area contributed by atoms with Crippen molar-refractivity contribution in [3.8, 4) is 5.75 Å². The topological polar surface area (TPSA) is 63.7 Å². The van der Waals surface area contributed by atoms with Crippen molar-refractivity contribution in [1.29, 1.82) is 0 Å². The molecule has 40 heavy (non-hydrogen) atoms. The fourth-order valence-electron chi connectivity index (χ4n) is 6.89. The molecule has 3 aliphatic rings. The van der Waals surface area contributed by atoms with Crippen LogP contribution in [0.5, 0.6) is 5.75 Å². The minimum absolute atomic E-state index is 0.154. The fourth-order valence-corrected chi connectivity index (χ4v) is 7.15. The lowest BCUT2D eigenvalue weighted by Crippen LogP contribution is -2.48. The molecule has 0 radical (unpaired) electrons. The van der Waals surface area contributed by atoms with Crippen LogP contribution < -0.4 is 9.64 Å². The molecule has 5 nitrogen and oxygen atoms in total. The van der Waals surface area contributed by atoms with E-state index in [1.54, 1.807) is 55.6 Å². The number of ether oxygens (including phenoxy) is 1. The Morgan fingerprint density at radius 1 is 0.825 bits per heavy atom. The lowest BCUT2D eigenvalue weighted by Gasteiger charge is -2.37. The number of Topliss-reactive ketones (excluding diaryl/α,β-unsaturated/α-hetero) is 3. The van der Waals surface area contributed by atoms with Crippen molar-refractivity contribution in [2.45, 2.75) is 18.0 Å². The van der Waals surface area contributed by atoms with Gasteiger partial charge in [-0.15, -0.1) is 0 Å². The first-order valence-corrected chi connectivity index (χ1v) is 13.9. The zero-order valence-corrected chi connectivity index (χ0v) is 23.2. The Labute approximate surface area is 240 Å². The van der Waals surface area contributed by atoms with Crippen molar-refractivity contribution >= 4 is 45.0 Å². The van der Waals surface area contributed by atoms with Crippen molar-refractivity contribution < 1.29 is 19.1 Å². The van der Waals surface area contributed by atoms with Crippen LogP contribution in [-0.2, 0) is 0 Å². The number of fused-ring (bicyclic) bond motifs is 5. The molecular formula is C34H24BrNO4. The van der Waals surface area contributed by atoms with Crippen molar-refractivity contribution in [1.82, 2.24) is 0 Å². The van der Waals surface area contributed by atoms with Crippen LogP contribution in [0.1, 0.15) is 48.1 Å². The van der Waals surface area contributed by atoms with Gasteiger partial charge >= 0.3 is 0 Å². The van der Waals surface area contributed by atoms with Crippen molar-refractivity contribution in [2.75, 3.05) is 12.0 Å². The molecule has 6 heteroatoms. The number of benzene rings is 4. The molecule has 196 valence electrons. The van der Waals surface area contributed by atoms with E-state index in [9.17, 15) is 14.4 Å². The molecule has 0 saturated carbocycles. The largest absolute Gasteiger partial charge is 0.497 e. The Morgan fingerprint density at radius 3 is 2.10 bits per heavy atom. The number of ketones is 3. The summed E-state index contributed by atoms with van der Waals surface area (Å²) in [5.41, 5.74) is 2.36. The maximum absolute atomic E-state index is 14.6. The van der Waals surface area contributed by atoms with E-state index < -0.39 is 23.4 Å². The molecule has 1 saturated heterocycles. The summed E-state index contributed by atoms with van der Waals surface area (Å²) in [6.07, 6.45) is 3.91. The normalized spacial score (nSPS) is 21.8. The molecule has 0 N–H and O–H groups in total. The van der Waals surface area contributed by atoms with Gasteiger partial charge < -0.3 is 9.64 Å². The SMILES string of the molecule is COc1ccc(C(=O)[C@@H]2[C@@H](c3ccc(Br)cc3)C3(C(=O)c4ccccc4C3=O)C3C=Cc4ccccc4N32)cc1. The Hall–Kier alpha value is -4.29. The van der Waals surface area contributed by atoms with Crippen LogP contribution in [-0.4, -0.2) is 36.5 Å². The Balaban J connectivity index is 1.52. The highest BCUT2D eigenvalue weighted by atomic mass is 79.9. The second kappa shape index (κ2) is 9.14.